The maximum atomic E-state index is 3.65. The van der Waals surface area contributed by atoms with Gasteiger partial charge in [-0.25, -0.2) is 0 Å². The van der Waals surface area contributed by atoms with Gasteiger partial charge in [0.2, 0.25) is 0 Å². The van der Waals surface area contributed by atoms with E-state index in [9.17, 15) is 0 Å². The minimum absolute atomic E-state index is 0.355. The monoisotopic (exact) mass is 307 g/mol. The minimum Gasteiger partial charge on any atom is -0.305 e. The lowest BCUT2D eigenvalue weighted by molar-refractivity contribution is 0.646. The van der Waals surface area contributed by atoms with Gasteiger partial charge in [0.15, 0.2) is 0 Å². The molecule has 0 spiro atoms. The predicted octanol–water partition coefficient (Wildman–Crippen LogP) is 5.34. The first-order valence-corrected chi connectivity index (χ1v) is 8.97. The summed E-state index contributed by atoms with van der Waals surface area (Å²) in [5.41, 5.74) is 1.41. The van der Waals surface area contributed by atoms with Crippen LogP contribution in [0.25, 0.3) is 9.40 Å². The molecule has 0 bridgehead atoms. The molecule has 0 aliphatic carbocycles. The van der Waals surface area contributed by atoms with Gasteiger partial charge in [0, 0.05) is 24.0 Å². The number of hydrogen-bond acceptors (Lipinski definition) is 4. The summed E-state index contributed by atoms with van der Waals surface area (Å²) in [7, 11) is 0. The fourth-order valence-electron chi connectivity index (χ4n) is 2.40. The Balaban J connectivity index is 2.05. The zero-order valence-corrected chi connectivity index (χ0v) is 13.8. The molecule has 3 aromatic heterocycles. The second kappa shape index (κ2) is 5.37. The highest BCUT2D eigenvalue weighted by Crippen LogP contribution is 2.39. The van der Waals surface area contributed by atoms with Crippen molar-refractivity contribution < 1.29 is 0 Å². The smallest absolute Gasteiger partial charge is 0.0768 e. The molecular formula is C15H17NS3. The van der Waals surface area contributed by atoms with E-state index in [2.05, 4.69) is 49.7 Å². The Morgan fingerprint density at radius 2 is 2.00 bits per heavy atom. The number of aryl methyl sites for hydroxylation is 2. The van der Waals surface area contributed by atoms with Crippen LogP contribution in [0.15, 0.2) is 23.6 Å². The maximum absolute atomic E-state index is 3.65. The molecule has 0 saturated heterocycles. The van der Waals surface area contributed by atoms with Crippen molar-refractivity contribution in [3.63, 3.8) is 0 Å². The molecule has 0 aromatic carbocycles. The second-order valence-electron chi connectivity index (χ2n) is 4.69. The average molecular weight is 308 g/mol. The number of nitrogens with one attached hydrogen (secondary N) is 1. The van der Waals surface area contributed by atoms with Gasteiger partial charge < -0.3 is 5.32 Å². The van der Waals surface area contributed by atoms with Crippen molar-refractivity contribution in [1.82, 2.24) is 5.32 Å². The molecule has 0 fully saturated rings. The van der Waals surface area contributed by atoms with Gasteiger partial charge in [0.25, 0.3) is 0 Å². The molecule has 1 unspecified atom stereocenters. The van der Waals surface area contributed by atoms with E-state index in [4.69, 9.17) is 0 Å². The van der Waals surface area contributed by atoms with E-state index in [1.807, 2.05) is 34.0 Å². The van der Waals surface area contributed by atoms with Crippen LogP contribution in [0.1, 0.15) is 33.2 Å². The Labute approximate surface area is 125 Å². The molecule has 0 saturated carbocycles. The molecule has 4 heteroatoms. The second-order valence-corrected chi connectivity index (χ2v) is 8.04. The van der Waals surface area contributed by atoms with E-state index in [1.54, 1.807) is 0 Å². The van der Waals surface area contributed by atoms with Crippen LogP contribution in [0, 0.1) is 13.8 Å². The Hall–Kier alpha value is -0.680. The number of fused-ring (bicyclic) bond motifs is 1. The number of hydrogen-bond donors (Lipinski definition) is 1. The third-order valence-corrected chi connectivity index (χ3v) is 6.57. The molecule has 1 N–H and O–H groups in total. The minimum atomic E-state index is 0.355. The first-order valence-electron chi connectivity index (χ1n) is 6.46. The molecular weight excluding hydrogens is 290 g/mol. The van der Waals surface area contributed by atoms with Crippen LogP contribution in [0.5, 0.6) is 0 Å². The summed E-state index contributed by atoms with van der Waals surface area (Å²) >= 11 is 5.67. The largest absolute Gasteiger partial charge is 0.305 e. The van der Waals surface area contributed by atoms with Crippen LogP contribution in [-0.4, -0.2) is 6.54 Å². The zero-order chi connectivity index (χ0) is 13.4. The molecule has 0 amide bonds. The average Bonchev–Trinajstić information content (AvgIpc) is 3.00. The molecule has 0 aliphatic heterocycles. The fraction of sp³-hybridized carbons (Fsp3) is 0.333. The molecule has 3 rings (SSSR count). The van der Waals surface area contributed by atoms with Gasteiger partial charge in [-0.3, -0.25) is 0 Å². The van der Waals surface area contributed by atoms with Gasteiger partial charge in [-0.1, -0.05) is 6.92 Å². The topological polar surface area (TPSA) is 12.0 Å². The molecule has 0 radical (unpaired) electrons. The summed E-state index contributed by atoms with van der Waals surface area (Å²) in [5, 5.41) is 5.82. The van der Waals surface area contributed by atoms with Crippen molar-refractivity contribution in [2.75, 3.05) is 6.54 Å². The quantitative estimate of drug-likeness (QED) is 0.686. The molecule has 19 heavy (non-hydrogen) atoms. The highest BCUT2D eigenvalue weighted by atomic mass is 32.1. The van der Waals surface area contributed by atoms with Crippen molar-refractivity contribution in [1.29, 1.82) is 0 Å². The van der Waals surface area contributed by atoms with Crippen LogP contribution in [0.4, 0.5) is 0 Å². The van der Waals surface area contributed by atoms with Crippen LogP contribution < -0.4 is 5.32 Å². The highest BCUT2D eigenvalue weighted by Gasteiger charge is 2.20. The van der Waals surface area contributed by atoms with E-state index in [0.29, 0.717) is 6.04 Å². The summed E-state index contributed by atoms with van der Waals surface area (Å²) in [6.45, 7) is 7.58. The number of rotatable bonds is 4. The van der Waals surface area contributed by atoms with Gasteiger partial charge in [-0.05, 0) is 49.5 Å². The molecule has 100 valence electrons. The van der Waals surface area contributed by atoms with E-state index >= 15 is 0 Å². The normalized spacial score (nSPS) is 13.2. The number of thiophene rings is 3. The van der Waals surface area contributed by atoms with Gasteiger partial charge in [0.05, 0.1) is 6.04 Å². The Morgan fingerprint density at radius 3 is 2.63 bits per heavy atom. The zero-order valence-electron chi connectivity index (χ0n) is 11.3. The summed E-state index contributed by atoms with van der Waals surface area (Å²) in [4.78, 5) is 4.30. The van der Waals surface area contributed by atoms with Crippen molar-refractivity contribution in [2.24, 2.45) is 0 Å². The molecule has 1 atom stereocenters. The standard InChI is InChI=1S/C15H17NS3/c1-4-16-14(15-9(2)7-10(3)18-15)13-8-12-11(19-13)5-6-17-12/h5-8,14,16H,4H2,1-3H3. The van der Waals surface area contributed by atoms with Crippen LogP contribution in [0.2, 0.25) is 0 Å². The van der Waals surface area contributed by atoms with Crippen LogP contribution >= 0.6 is 34.0 Å². The van der Waals surface area contributed by atoms with E-state index in [1.165, 1.54) is 29.6 Å². The van der Waals surface area contributed by atoms with Crippen molar-refractivity contribution in [3.8, 4) is 0 Å². The Bertz CT molecular complexity index is 661. The third kappa shape index (κ3) is 2.50. The first-order chi connectivity index (χ1) is 9.19. The lowest BCUT2D eigenvalue weighted by Crippen LogP contribution is -2.20. The molecule has 3 aromatic rings. The van der Waals surface area contributed by atoms with E-state index in [0.717, 1.165) is 6.54 Å². The lowest BCUT2D eigenvalue weighted by atomic mass is 10.1. The predicted molar refractivity (Wildman–Crippen MR) is 89.0 cm³/mol. The molecule has 3 heterocycles. The highest BCUT2D eigenvalue weighted by molar-refractivity contribution is 7.27. The van der Waals surface area contributed by atoms with Crippen LogP contribution in [0.3, 0.4) is 0 Å². The Morgan fingerprint density at radius 1 is 1.16 bits per heavy atom. The van der Waals surface area contributed by atoms with Gasteiger partial charge in [0.1, 0.15) is 0 Å². The van der Waals surface area contributed by atoms with Crippen molar-refractivity contribution >= 4 is 43.4 Å². The fourth-order valence-corrected chi connectivity index (χ4v) is 5.81. The first kappa shape index (κ1) is 13.3. The van der Waals surface area contributed by atoms with Gasteiger partial charge >= 0.3 is 0 Å². The summed E-state index contributed by atoms with van der Waals surface area (Å²) in [6, 6.07) is 7.23. The maximum Gasteiger partial charge on any atom is 0.0768 e. The van der Waals surface area contributed by atoms with Crippen LogP contribution in [-0.2, 0) is 0 Å². The SMILES string of the molecule is CCNC(c1cc2sccc2s1)c1sc(C)cc1C. The Kier molecular flexibility index (Phi) is 3.76. The summed E-state index contributed by atoms with van der Waals surface area (Å²) in [5.74, 6) is 0. The van der Waals surface area contributed by atoms with E-state index in [-0.39, 0.29) is 0 Å². The van der Waals surface area contributed by atoms with Crippen molar-refractivity contribution in [2.45, 2.75) is 26.8 Å². The van der Waals surface area contributed by atoms with Crippen molar-refractivity contribution in [3.05, 3.63) is 43.8 Å². The van der Waals surface area contributed by atoms with E-state index < -0.39 is 0 Å². The molecule has 0 aliphatic rings. The summed E-state index contributed by atoms with van der Waals surface area (Å²) < 4.78 is 2.82. The van der Waals surface area contributed by atoms with Gasteiger partial charge in [-0.15, -0.1) is 34.0 Å². The lowest BCUT2D eigenvalue weighted by Gasteiger charge is -2.16. The molecule has 1 nitrogen and oxygen atoms in total. The van der Waals surface area contributed by atoms with Gasteiger partial charge in [-0.2, -0.15) is 0 Å². The summed E-state index contributed by atoms with van der Waals surface area (Å²) in [6.07, 6.45) is 0. The third-order valence-electron chi connectivity index (χ3n) is 3.19.